The molecule has 1 heterocycles. The van der Waals surface area contributed by atoms with Gasteiger partial charge in [-0.05, 0) is 12.0 Å². The van der Waals surface area contributed by atoms with E-state index in [4.69, 9.17) is 5.11 Å². The average Bonchev–Trinajstić information content (AvgIpc) is 2.51. The fraction of sp³-hybridized carbons (Fsp3) is 0.444. The van der Waals surface area contributed by atoms with Crippen LogP contribution >= 0.6 is 11.3 Å². The molecule has 0 aliphatic heterocycles. The van der Waals surface area contributed by atoms with Crippen LogP contribution in [0.15, 0.2) is 12.1 Å². The molecule has 15 heavy (non-hydrogen) atoms. The minimum atomic E-state index is -0.943. The molecule has 1 N–H and O–H groups in total. The summed E-state index contributed by atoms with van der Waals surface area (Å²) in [6.07, 6.45) is 0. The molecule has 1 aromatic heterocycles. The summed E-state index contributed by atoms with van der Waals surface area (Å²) in [6.45, 7) is 3.56. The highest BCUT2D eigenvalue weighted by molar-refractivity contribution is 7.15. The smallest absolute Gasteiger partial charge is 0.324 e. The maximum absolute atomic E-state index is 11.0. The summed E-state index contributed by atoms with van der Waals surface area (Å²) >= 11 is 0.926. The maximum atomic E-state index is 11.0. The number of thiophene rings is 1. The Morgan fingerprint density at radius 1 is 1.53 bits per heavy atom. The van der Waals surface area contributed by atoms with Crippen molar-refractivity contribution in [3.8, 4) is 0 Å². The topological polar surface area (TPSA) is 80.4 Å². The van der Waals surface area contributed by atoms with Gasteiger partial charge >= 0.3 is 11.0 Å². The molecule has 0 bridgehead atoms. The van der Waals surface area contributed by atoms with Gasteiger partial charge in [0.2, 0.25) is 0 Å². The van der Waals surface area contributed by atoms with E-state index in [0.29, 0.717) is 4.88 Å². The molecule has 1 aromatic rings. The van der Waals surface area contributed by atoms with Crippen LogP contribution in [0.5, 0.6) is 0 Å². The highest BCUT2D eigenvalue weighted by Gasteiger charge is 2.26. The standard InChI is InChI=1S/C9H11NO4S/c1-5(2)8(9(11)12)6-3-4-7(15-6)10(13)14/h3-5,8H,1-2H3,(H,11,12). The second kappa shape index (κ2) is 4.39. The third kappa shape index (κ3) is 2.53. The number of nitro groups is 1. The molecule has 0 amide bonds. The SMILES string of the molecule is CC(C)C(C(=O)O)c1ccc([N+](=O)[O-])s1. The van der Waals surface area contributed by atoms with Crippen molar-refractivity contribution in [2.45, 2.75) is 19.8 Å². The van der Waals surface area contributed by atoms with Gasteiger partial charge in [0.05, 0.1) is 10.8 Å². The van der Waals surface area contributed by atoms with E-state index < -0.39 is 16.8 Å². The zero-order chi connectivity index (χ0) is 11.6. The summed E-state index contributed by atoms with van der Waals surface area (Å²) in [7, 11) is 0. The van der Waals surface area contributed by atoms with Gasteiger partial charge in [-0.15, -0.1) is 0 Å². The van der Waals surface area contributed by atoms with Crippen molar-refractivity contribution >= 4 is 22.3 Å². The Bertz CT molecular complexity index is 385. The van der Waals surface area contributed by atoms with Gasteiger partial charge in [-0.1, -0.05) is 25.2 Å². The van der Waals surface area contributed by atoms with Crippen molar-refractivity contribution < 1.29 is 14.8 Å². The molecule has 0 fully saturated rings. The molecule has 1 unspecified atom stereocenters. The highest BCUT2D eigenvalue weighted by atomic mass is 32.1. The van der Waals surface area contributed by atoms with E-state index in [1.807, 2.05) is 0 Å². The molecular formula is C9H11NO4S. The van der Waals surface area contributed by atoms with Crippen molar-refractivity contribution in [2.75, 3.05) is 0 Å². The first-order valence-corrected chi connectivity index (χ1v) is 5.22. The number of hydrogen-bond donors (Lipinski definition) is 1. The minimum Gasteiger partial charge on any atom is -0.481 e. The van der Waals surface area contributed by atoms with Crippen molar-refractivity contribution in [2.24, 2.45) is 5.92 Å². The number of carboxylic acid groups (broad SMARTS) is 1. The summed E-state index contributed by atoms with van der Waals surface area (Å²) in [4.78, 5) is 21.4. The quantitative estimate of drug-likeness (QED) is 0.635. The molecule has 0 radical (unpaired) electrons. The van der Waals surface area contributed by atoms with Crippen LogP contribution in [0.1, 0.15) is 24.6 Å². The number of aliphatic carboxylic acids is 1. The molecule has 6 heteroatoms. The lowest BCUT2D eigenvalue weighted by Gasteiger charge is -2.13. The summed E-state index contributed by atoms with van der Waals surface area (Å²) in [5, 5.41) is 19.4. The largest absolute Gasteiger partial charge is 0.481 e. The number of hydrogen-bond acceptors (Lipinski definition) is 4. The molecule has 0 aliphatic rings. The first kappa shape index (κ1) is 11.6. The predicted octanol–water partition coefficient (Wildman–Crippen LogP) is 2.48. The molecule has 1 rings (SSSR count). The second-order valence-electron chi connectivity index (χ2n) is 3.49. The summed E-state index contributed by atoms with van der Waals surface area (Å²) in [5.41, 5.74) is 0. The molecule has 0 saturated carbocycles. The van der Waals surface area contributed by atoms with Gasteiger partial charge in [-0.25, -0.2) is 0 Å². The number of nitrogens with zero attached hydrogens (tertiary/aromatic N) is 1. The van der Waals surface area contributed by atoms with Gasteiger partial charge in [0, 0.05) is 10.9 Å². The fourth-order valence-electron chi connectivity index (χ4n) is 1.34. The van der Waals surface area contributed by atoms with E-state index in [1.165, 1.54) is 12.1 Å². The Kier molecular flexibility index (Phi) is 3.41. The lowest BCUT2D eigenvalue weighted by Crippen LogP contribution is -2.16. The van der Waals surface area contributed by atoms with Crippen LogP contribution in [-0.2, 0) is 4.79 Å². The Morgan fingerprint density at radius 2 is 2.13 bits per heavy atom. The van der Waals surface area contributed by atoms with Crippen LogP contribution in [0, 0.1) is 16.0 Å². The van der Waals surface area contributed by atoms with Crippen LogP contribution < -0.4 is 0 Å². The third-order valence-electron chi connectivity index (χ3n) is 2.03. The van der Waals surface area contributed by atoms with Crippen molar-refractivity contribution in [1.82, 2.24) is 0 Å². The maximum Gasteiger partial charge on any atom is 0.324 e. The van der Waals surface area contributed by atoms with Crippen LogP contribution in [0.2, 0.25) is 0 Å². The monoisotopic (exact) mass is 229 g/mol. The first-order chi connectivity index (χ1) is 6.93. The zero-order valence-corrected chi connectivity index (χ0v) is 9.15. The summed E-state index contributed by atoms with van der Waals surface area (Å²) in [6, 6.07) is 2.86. The van der Waals surface area contributed by atoms with Crippen LogP contribution in [0.3, 0.4) is 0 Å². The molecule has 0 saturated heterocycles. The first-order valence-electron chi connectivity index (χ1n) is 4.40. The summed E-state index contributed by atoms with van der Waals surface area (Å²) < 4.78 is 0. The fourth-order valence-corrected chi connectivity index (χ4v) is 2.43. The zero-order valence-electron chi connectivity index (χ0n) is 8.34. The van der Waals surface area contributed by atoms with Crippen molar-refractivity contribution in [3.63, 3.8) is 0 Å². The van der Waals surface area contributed by atoms with E-state index in [9.17, 15) is 14.9 Å². The highest BCUT2D eigenvalue weighted by Crippen LogP contribution is 2.34. The van der Waals surface area contributed by atoms with Gasteiger partial charge < -0.3 is 5.11 Å². The molecule has 82 valence electrons. The number of carbonyl (C=O) groups is 1. The van der Waals surface area contributed by atoms with Gasteiger partial charge in [0.15, 0.2) is 0 Å². The Morgan fingerprint density at radius 3 is 2.47 bits per heavy atom. The van der Waals surface area contributed by atoms with E-state index in [-0.39, 0.29) is 10.9 Å². The van der Waals surface area contributed by atoms with Crippen LogP contribution in [-0.4, -0.2) is 16.0 Å². The van der Waals surface area contributed by atoms with Crippen LogP contribution in [0.25, 0.3) is 0 Å². The van der Waals surface area contributed by atoms with E-state index >= 15 is 0 Å². The van der Waals surface area contributed by atoms with Crippen molar-refractivity contribution in [1.29, 1.82) is 0 Å². The molecule has 0 spiro atoms. The Balaban J connectivity index is 3.02. The number of carboxylic acids is 1. The van der Waals surface area contributed by atoms with Gasteiger partial charge in [-0.2, -0.15) is 0 Å². The van der Waals surface area contributed by atoms with E-state index in [0.717, 1.165) is 11.3 Å². The third-order valence-corrected chi connectivity index (χ3v) is 3.15. The lowest BCUT2D eigenvalue weighted by atomic mass is 9.94. The number of rotatable bonds is 4. The van der Waals surface area contributed by atoms with Gasteiger partial charge in [-0.3, -0.25) is 14.9 Å². The van der Waals surface area contributed by atoms with Crippen molar-refractivity contribution in [3.05, 3.63) is 27.1 Å². The van der Waals surface area contributed by atoms with Crippen LogP contribution in [0.4, 0.5) is 5.00 Å². The normalized spacial score (nSPS) is 12.7. The Hall–Kier alpha value is -1.43. The second-order valence-corrected chi connectivity index (χ2v) is 4.59. The van der Waals surface area contributed by atoms with Gasteiger partial charge in [0.25, 0.3) is 0 Å². The summed E-state index contributed by atoms with van der Waals surface area (Å²) in [5.74, 6) is -1.69. The Labute approximate surface area is 90.5 Å². The molecule has 5 nitrogen and oxygen atoms in total. The minimum absolute atomic E-state index is 0.0168. The molecule has 1 atom stereocenters. The molecular weight excluding hydrogens is 218 g/mol. The molecule has 0 aromatic carbocycles. The molecule has 0 aliphatic carbocycles. The lowest BCUT2D eigenvalue weighted by molar-refractivity contribution is -0.380. The average molecular weight is 229 g/mol. The van der Waals surface area contributed by atoms with E-state index in [2.05, 4.69) is 0 Å². The van der Waals surface area contributed by atoms with Gasteiger partial charge in [0.1, 0.15) is 0 Å². The predicted molar refractivity (Wildman–Crippen MR) is 56.2 cm³/mol. The van der Waals surface area contributed by atoms with E-state index in [1.54, 1.807) is 13.8 Å².